The molecule has 0 radical (unpaired) electrons. The summed E-state index contributed by atoms with van der Waals surface area (Å²) in [7, 11) is 0. The lowest BCUT2D eigenvalue weighted by atomic mass is 9.96. The normalized spacial score (nSPS) is 12.3. The number of fused-ring (bicyclic) bond motifs is 10. The van der Waals surface area contributed by atoms with Crippen LogP contribution in [-0.2, 0) is 0 Å². The molecule has 0 amide bonds. The van der Waals surface area contributed by atoms with Crippen LogP contribution in [0.3, 0.4) is 0 Å². The molecule has 0 atom stereocenters. The van der Waals surface area contributed by atoms with E-state index in [1.165, 1.54) is 27.8 Å². The van der Waals surface area contributed by atoms with Gasteiger partial charge in [-0.05, 0) is 77.2 Å². The van der Waals surface area contributed by atoms with Crippen LogP contribution in [0, 0.1) is 6.92 Å². The van der Waals surface area contributed by atoms with Gasteiger partial charge in [-0.15, -0.1) is 0 Å². The predicted molar refractivity (Wildman–Crippen MR) is 154 cm³/mol. The van der Waals surface area contributed by atoms with Gasteiger partial charge in [-0.2, -0.15) is 0 Å². The highest BCUT2D eigenvalue weighted by Crippen LogP contribution is 2.38. The van der Waals surface area contributed by atoms with E-state index < -0.39 is 0 Å². The van der Waals surface area contributed by atoms with Crippen LogP contribution >= 0.6 is 0 Å². The maximum atomic E-state index is 5.07. The van der Waals surface area contributed by atoms with Gasteiger partial charge < -0.3 is 0 Å². The summed E-state index contributed by atoms with van der Waals surface area (Å²) in [6.07, 6.45) is 0. The Bertz CT molecular complexity index is 2230. The van der Waals surface area contributed by atoms with Crippen molar-refractivity contribution in [2.45, 2.75) is 6.92 Å². The van der Waals surface area contributed by atoms with Crippen LogP contribution in [0.25, 0.3) is 72.4 Å². The molecule has 5 heteroatoms. The summed E-state index contributed by atoms with van der Waals surface area (Å²) >= 11 is 0. The van der Waals surface area contributed by atoms with Crippen molar-refractivity contribution in [2.24, 2.45) is 0 Å². The van der Waals surface area contributed by atoms with Crippen LogP contribution in [0.15, 0.2) is 109 Å². The van der Waals surface area contributed by atoms with Gasteiger partial charge in [-0.25, -0.2) is 14.4 Å². The van der Waals surface area contributed by atoms with Gasteiger partial charge in [0.05, 0.1) is 33.1 Å². The number of benzene rings is 5. The molecule has 4 aromatic heterocycles. The van der Waals surface area contributed by atoms with E-state index in [-0.39, 0.29) is 0 Å². The second-order valence-electron chi connectivity index (χ2n) is 10.1. The average Bonchev–Trinajstić information content (AvgIpc) is 3.67. The fourth-order valence-electron chi connectivity index (χ4n) is 6.18. The minimum Gasteiger partial charge on any atom is -0.276 e. The molecule has 0 aliphatic heterocycles. The zero-order chi connectivity index (χ0) is 25.0. The van der Waals surface area contributed by atoms with E-state index in [0.717, 1.165) is 50.2 Å². The lowest BCUT2D eigenvalue weighted by Gasteiger charge is -2.10. The van der Waals surface area contributed by atoms with Gasteiger partial charge in [0.2, 0.25) is 11.6 Å². The van der Waals surface area contributed by atoms with Crippen molar-refractivity contribution in [1.29, 1.82) is 0 Å². The molecule has 9 aromatic rings. The summed E-state index contributed by atoms with van der Waals surface area (Å²) in [5, 5.41) is 0. The van der Waals surface area contributed by atoms with Gasteiger partial charge in [0.15, 0.2) is 0 Å². The summed E-state index contributed by atoms with van der Waals surface area (Å²) in [6, 6.07) is 38.8. The Morgan fingerprint density at radius 2 is 0.947 bits per heavy atom. The Balaban J connectivity index is 1.46. The zero-order valence-electron chi connectivity index (χ0n) is 20.6. The highest BCUT2D eigenvalue weighted by Gasteiger charge is 2.24. The topological polar surface area (TPSA) is 39.0 Å². The fourth-order valence-corrected chi connectivity index (χ4v) is 6.18. The number of nitrogens with zero attached hydrogens (tertiary/aromatic N) is 5. The Kier molecular flexibility index (Phi) is 3.67. The van der Waals surface area contributed by atoms with Crippen LogP contribution in [0.2, 0.25) is 0 Å². The number of aromatic nitrogens is 5. The van der Waals surface area contributed by atoms with Gasteiger partial charge in [-0.1, -0.05) is 66.7 Å². The van der Waals surface area contributed by atoms with Crippen LogP contribution in [0.4, 0.5) is 0 Å². The molecule has 178 valence electrons. The maximum absolute atomic E-state index is 5.07. The third kappa shape index (κ3) is 2.50. The lowest BCUT2D eigenvalue weighted by Crippen LogP contribution is -1.89. The van der Waals surface area contributed by atoms with E-state index in [9.17, 15) is 0 Å². The monoisotopic (exact) mass is 487 g/mol. The molecule has 5 aromatic carbocycles. The maximum Gasteiger partial charge on any atom is 0.223 e. The third-order valence-electron chi connectivity index (χ3n) is 7.78. The summed E-state index contributed by atoms with van der Waals surface area (Å²) in [5.41, 5.74) is 13.7. The molecule has 38 heavy (non-hydrogen) atoms. The Hall–Kier alpha value is -5.16. The summed E-state index contributed by atoms with van der Waals surface area (Å²) in [6.45, 7) is 2.17. The number of aryl methyl sites for hydroxylation is 1. The smallest absolute Gasteiger partial charge is 0.223 e. The van der Waals surface area contributed by atoms with Crippen molar-refractivity contribution in [1.82, 2.24) is 23.2 Å². The summed E-state index contributed by atoms with van der Waals surface area (Å²) < 4.78 is 6.79. The first-order chi connectivity index (χ1) is 18.7. The van der Waals surface area contributed by atoms with E-state index in [4.69, 9.17) is 9.97 Å². The molecule has 0 spiro atoms. The number of para-hydroxylation sites is 4. The summed E-state index contributed by atoms with van der Waals surface area (Å²) in [4.78, 5) is 10.1. The van der Waals surface area contributed by atoms with E-state index >= 15 is 0 Å². The van der Waals surface area contributed by atoms with Crippen LogP contribution in [-0.4, -0.2) is 23.2 Å². The zero-order valence-corrected chi connectivity index (χ0v) is 20.6. The van der Waals surface area contributed by atoms with Crippen LogP contribution in [0.1, 0.15) is 5.56 Å². The number of hydrogen-bond donors (Lipinski definition) is 0. The largest absolute Gasteiger partial charge is 0.276 e. The molecular formula is C33H21N5. The minimum atomic E-state index is 0.892. The molecule has 0 saturated carbocycles. The number of imidazole rings is 4. The van der Waals surface area contributed by atoms with E-state index in [1.807, 2.05) is 12.1 Å². The van der Waals surface area contributed by atoms with Crippen molar-refractivity contribution in [2.75, 3.05) is 0 Å². The van der Waals surface area contributed by atoms with Crippen molar-refractivity contribution >= 4 is 50.2 Å². The molecule has 0 fully saturated rings. The molecule has 0 aliphatic rings. The molecule has 0 N–H and O–H groups in total. The lowest BCUT2D eigenvalue weighted by molar-refractivity contribution is 1.15. The number of hydrogen-bond acceptors (Lipinski definition) is 2. The average molecular weight is 488 g/mol. The first-order valence-corrected chi connectivity index (χ1v) is 12.9. The molecule has 0 unspecified atom stereocenters. The molecule has 0 bridgehead atoms. The highest BCUT2D eigenvalue weighted by atomic mass is 15.3. The molecular weight excluding hydrogens is 466 g/mol. The predicted octanol–water partition coefficient (Wildman–Crippen LogP) is 7.77. The van der Waals surface area contributed by atoms with Gasteiger partial charge in [0.1, 0.15) is 5.52 Å². The summed E-state index contributed by atoms with van der Waals surface area (Å²) in [5.74, 6) is 1.78. The first-order valence-electron chi connectivity index (χ1n) is 12.9. The van der Waals surface area contributed by atoms with Gasteiger partial charge >= 0.3 is 0 Å². The van der Waals surface area contributed by atoms with Gasteiger partial charge in [0, 0.05) is 0 Å². The molecule has 5 nitrogen and oxygen atoms in total. The molecule has 0 saturated heterocycles. The van der Waals surface area contributed by atoms with Gasteiger partial charge in [0.25, 0.3) is 0 Å². The standard InChI is InChI=1S/C33H21N5/c1-20-15-22(21-9-3-2-4-10-21)17-23(16-20)24-18-29-31-30(19-24)37-28-14-8-6-12-26(28)35-33(37)38(31)32-34-25-11-5-7-13-27(25)36(29)32/h2-19H,1H3. The van der Waals surface area contributed by atoms with Crippen molar-refractivity contribution < 1.29 is 0 Å². The highest BCUT2D eigenvalue weighted by molar-refractivity contribution is 6.06. The third-order valence-corrected chi connectivity index (χ3v) is 7.78. The van der Waals surface area contributed by atoms with Crippen molar-refractivity contribution in [3.05, 3.63) is 115 Å². The quantitative estimate of drug-likeness (QED) is 0.250. The molecule has 9 rings (SSSR count). The Labute approximate surface area is 217 Å². The minimum absolute atomic E-state index is 0.892. The Morgan fingerprint density at radius 1 is 0.447 bits per heavy atom. The first kappa shape index (κ1) is 20.0. The second kappa shape index (κ2) is 6.99. The van der Waals surface area contributed by atoms with Crippen LogP contribution in [0.5, 0.6) is 0 Å². The second-order valence-corrected chi connectivity index (χ2v) is 10.1. The molecule has 0 aliphatic carbocycles. The van der Waals surface area contributed by atoms with E-state index in [1.54, 1.807) is 0 Å². The number of rotatable bonds is 2. The molecule has 4 heterocycles. The van der Waals surface area contributed by atoms with Crippen molar-refractivity contribution in [3.63, 3.8) is 0 Å². The SMILES string of the molecule is Cc1cc(-c2ccccc2)cc(-c2cc3c4c(c2)n2c5ccccc5nc2n4c2nc4ccccc4n32)c1. The van der Waals surface area contributed by atoms with E-state index in [2.05, 4.69) is 117 Å². The van der Waals surface area contributed by atoms with E-state index in [0.29, 0.717) is 0 Å². The fraction of sp³-hybridized carbons (Fsp3) is 0.0303. The van der Waals surface area contributed by atoms with Gasteiger partial charge in [-0.3, -0.25) is 8.80 Å². The Morgan fingerprint density at radius 3 is 1.55 bits per heavy atom. The van der Waals surface area contributed by atoms with Crippen molar-refractivity contribution in [3.8, 4) is 22.3 Å². The van der Waals surface area contributed by atoms with Crippen LogP contribution < -0.4 is 0 Å².